The highest BCUT2D eigenvalue weighted by Crippen LogP contribution is 2.29. The highest BCUT2D eigenvalue weighted by Gasteiger charge is 2.48. The van der Waals surface area contributed by atoms with Crippen molar-refractivity contribution in [2.24, 2.45) is 0 Å². The minimum atomic E-state index is -1.41. The third-order valence-electron chi connectivity index (χ3n) is 5.32. The molecular weight excluding hydrogens is 384 g/mol. The van der Waals surface area contributed by atoms with Crippen LogP contribution >= 0.6 is 0 Å². The maximum Gasteiger partial charge on any atom is 0.327 e. The van der Waals surface area contributed by atoms with Gasteiger partial charge in [0, 0.05) is 10.8 Å². The molecule has 152 valence electrons. The van der Waals surface area contributed by atoms with Gasteiger partial charge in [0.1, 0.15) is 17.5 Å². The van der Waals surface area contributed by atoms with Crippen molar-refractivity contribution in [1.82, 2.24) is 10.2 Å². The smallest absolute Gasteiger partial charge is 0.327 e. The Morgan fingerprint density at radius 1 is 1.21 bits per heavy atom. The van der Waals surface area contributed by atoms with E-state index in [0.29, 0.717) is 32.1 Å². The van der Waals surface area contributed by atoms with E-state index >= 15 is 0 Å². The molecule has 2 aliphatic rings. The van der Waals surface area contributed by atoms with Gasteiger partial charge in [0.25, 0.3) is 0 Å². The highest BCUT2D eigenvalue weighted by molar-refractivity contribution is 7.86. The molecule has 0 spiro atoms. The minimum absolute atomic E-state index is 0.0746. The number of hydrogen-bond donors (Lipinski definition) is 3. The lowest BCUT2D eigenvalue weighted by atomic mass is 10.0. The molecular formula is C19H24N2O6S. The Bertz CT molecular complexity index is 771. The molecule has 2 heterocycles. The van der Waals surface area contributed by atoms with Crippen LogP contribution in [0.15, 0.2) is 30.3 Å². The molecule has 2 aliphatic heterocycles. The predicted molar refractivity (Wildman–Crippen MR) is 102 cm³/mol. The fourth-order valence-corrected chi connectivity index (χ4v) is 5.63. The molecule has 9 heteroatoms. The van der Waals surface area contributed by atoms with E-state index in [2.05, 4.69) is 5.32 Å². The second-order valence-corrected chi connectivity index (χ2v) is 8.81. The van der Waals surface area contributed by atoms with E-state index in [1.54, 1.807) is 0 Å². The minimum Gasteiger partial charge on any atom is -0.480 e. The van der Waals surface area contributed by atoms with Gasteiger partial charge in [-0.05, 0) is 37.7 Å². The Balaban J connectivity index is 1.72. The fourth-order valence-electron chi connectivity index (χ4n) is 3.86. The van der Waals surface area contributed by atoms with Crippen LogP contribution in [0.5, 0.6) is 0 Å². The molecule has 0 aromatic heterocycles. The second kappa shape index (κ2) is 8.83. The zero-order chi connectivity index (χ0) is 20.3. The van der Waals surface area contributed by atoms with E-state index in [-0.39, 0.29) is 5.75 Å². The van der Waals surface area contributed by atoms with E-state index in [0.717, 1.165) is 5.56 Å². The Kier molecular flexibility index (Phi) is 6.46. The van der Waals surface area contributed by atoms with Crippen LogP contribution < -0.4 is 5.32 Å². The number of nitrogens with one attached hydrogen (secondary N) is 1. The van der Waals surface area contributed by atoms with Crippen molar-refractivity contribution in [3.63, 3.8) is 0 Å². The summed E-state index contributed by atoms with van der Waals surface area (Å²) in [7, 11) is -1.41. The van der Waals surface area contributed by atoms with Crippen molar-refractivity contribution in [2.45, 2.75) is 55.6 Å². The Hall–Kier alpha value is -2.26. The summed E-state index contributed by atoms with van der Waals surface area (Å²) in [6.45, 7) is 0. The molecule has 2 fully saturated rings. The maximum absolute atomic E-state index is 13.0. The average molecular weight is 408 g/mol. The van der Waals surface area contributed by atoms with Gasteiger partial charge >= 0.3 is 11.9 Å². The first-order valence-electron chi connectivity index (χ1n) is 9.33. The first-order chi connectivity index (χ1) is 13.4. The number of benzene rings is 1. The largest absolute Gasteiger partial charge is 0.480 e. The number of carboxylic acids is 2. The summed E-state index contributed by atoms with van der Waals surface area (Å²) in [6, 6.07) is 6.64. The van der Waals surface area contributed by atoms with Crippen LogP contribution in [0.1, 0.15) is 31.2 Å². The maximum atomic E-state index is 13.0. The van der Waals surface area contributed by atoms with Gasteiger partial charge in [-0.25, -0.2) is 4.79 Å². The second-order valence-electron chi connectivity index (χ2n) is 7.17. The van der Waals surface area contributed by atoms with Crippen molar-refractivity contribution in [3.05, 3.63) is 35.9 Å². The van der Waals surface area contributed by atoms with Crippen molar-refractivity contribution >= 4 is 28.6 Å². The van der Waals surface area contributed by atoms with Gasteiger partial charge < -0.3 is 15.1 Å². The topological polar surface area (TPSA) is 124 Å². The van der Waals surface area contributed by atoms with E-state index in [1.165, 1.54) is 4.90 Å². The molecule has 1 aromatic carbocycles. The quantitative estimate of drug-likeness (QED) is 0.603. The monoisotopic (exact) mass is 408 g/mol. The number of aryl methyl sites for hydroxylation is 1. The number of amides is 1. The van der Waals surface area contributed by atoms with Crippen molar-refractivity contribution in [3.8, 4) is 0 Å². The van der Waals surface area contributed by atoms with E-state index < -0.39 is 52.1 Å². The zero-order valence-corrected chi connectivity index (χ0v) is 16.1. The van der Waals surface area contributed by atoms with Gasteiger partial charge in [-0.2, -0.15) is 0 Å². The Morgan fingerprint density at radius 3 is 2.57 bits per heavy atom. The van der Waals surface area contributed by atoms with Crippen LogP contribution in [0, 0.1) is 0 Å². The van der Waals surface area contributed by atoms with Crippen LogP contribution in [0.3, 0.4) is 0 Å². The van der Waals surface area contributed by atoms with Gasteiger partial charge in [-0.15, -0.1) is 0 Å². The fraction of sp³-hybridized carbons (Fsp3) is 0.526. The molecule has 1 amide bonds. The molecule has 3 N–H and O–H groups in total. The molecule has 2 saturated heterocycles. The number of hydrogen-bond acceptors (Lipinski definition) is 5. The number of fused-ring (bicyclic) bond motifs is 1. The van der Waals surface area contributed by atoms with E-state index in [4.69, 9.17) is 0 Å². The molecule has 3 rings (SSSR count). The average Bonchev–Trinajstić information content (AvgIpc) is 2.91. The summed E-state index contributed by atoms with van der Waals surface area (Å²) in [5.74, 6) is -2.77. The molecule has 1 aromatic rings. The van der Waals surface area contributed by atoms with E-state index in [9.17, 15) is 28.8 Å². The lowest BCUT2D eigenvalue weighted by Crippen LogP contribution is -2.55. The first kappa shape index (κ1) is 20.5. The van der Waals surface area contributed by atoms with Crippen molar-refractivity contribution in [1.29, 1.82) is 0 Å². The summed E-state index contributed by atoms with van der Waals surface area (Å²) < 4.78 is 12.3. The summed E-state index contributed by atoms with van der Waals surface area (Å²) in [4.78, 5) is 37.4. The summed E-state index contributed by atoms with van der Waals surface area (Å²) in [5, 5.41) is 21.3. The van der Waals surface area contributed by atoms with Crippen LogP contribution in [0.2, 0.25) is 0 Å². The molecule has 0 aliphatic carbocycles. The van der Waals surface area contributed by atoms with Gasteiger partial charge in [0.2, 0.25) is 5.91 Å². The standard InChI is InChI=1S/C19H24N2O6S/c22-17-13(7-4-8-16-21(17)15(19(25)26)11-28(16)27)20-14(18(23)24)10-9-12-5-2-1-3-6-12/h1-3,5-6,13-16,20H,4,7-11H2,(H,23,24)(H,25,26)/t13-,14?,15-,16+,28-/m1/s1. The molecule has 28 heavy (non-hydrogen) atoms. The Labute approximate surface area is 165 Å². The lowest BCUT2D eigenvalue weighted by Gasteiger charge is -2.29. The summed E-state index contributed by atoms with van der Waals surface area (Å²) in [5.41, 5.74) is 1.00. The first-order valence-corrected chi connectivity index (χ1v) is 10.7. The molecule has 8 nitrogen and oxygen atoms in total. The Morgan fingerprint density at radius 2 is 1.93 bits per heavy atom. The van der Waals surface area contributed by atoms with Gasteiger partial charge in [-0.1, -0.05) is 30.3 Å². The zero-order valence-electron chi connectivity index (χ0n) is 15.3. The number of aliphatic carboxylic acids is 2. The van der Waals surface area contributed by atoms with Crippen molar-refractivity contribution in [2.75, 3.05) is 5.75 Å². The van der Waals surface area contributed by atoms with Gasteiger partial charge in [0.05, 0.1) is 11.8 Å². The summed E-state index contributed by atoms with van der Waals surface area (Å²) >= 11 is 0. The molecule has 0 bridgehead atoms. The number of carbonyl (C=O) groups is 3. The van der Waals surface area contributed by atoms with Gasteiger partial charge in [-0.3, -0.25) is 19.1 Å². The molecule has 1 unspecified atom stereocenters. The van der Waals surface area contributed by atoms with E-state index in [1.807, 2.05) is 30.3 Å². The molecule has 5 atom stereocenters. The highest BCUT2D eigenvalue weighted by atomic mass is 32.2. The van der Waals surface area contributed by atoms with Crippen molar-refractivity contribution < 1.29 is 28.8 Å². The van der Waals surface area contributed by atoms with Crippen LogP contribution in [-0.4, -0.2) is 66.4 Å². The predicted octanol–water partition coefficient (Wildman–Crippen LogP) is 0.585. The third-order valence-corrected chi connectivity index (χ3v) is 7.03. The number of carboxylic acid groups (broad SMARTS) is 2. The van der Waals surface area contributed by atoms with Crippen LogP contribution in [0.4, 0.5) is 0 Å². The third kappa shape index (κ3) is 4.41. The molecule has 0 radical (unpaired) electrons. The SMILES string of the molecule is O=C(O)C(CCc1ccccc1)N[C@@H]1CCC[C@H]2N(C1=O)[C@@H](C(=O)O)C[S@]2=O. The lowest BCUT2D eigenvalue weighted by molar-refractivity contribution is -0.150. The van der Waals surface area contributed by atoms with Gasteiger partial charge in [0.15, 0.2) is 0 Å². The normalized spacial score (nSPS) is 28.4. The number of nitrogens with zero attached hydrogens (tertiary/aromatic N) is 1. The number of carbonyl (C=O) groups excluding carboxylic acids is 1. The summed E-state index contributed by atoms with van der Waals surface area (Å²) in [6.07, 6.45) is 2.28. The van der Waals surface area contributed by atoms with Crippen LogP contribution in [-0.2, 0) is 31.6 Å². The van der Waals surface area contributed by atoms with Crippen LogP contribution in [0.25, 0.3) is 0 Å². The number of rotatable bonds is 7. The molecule has 0 saturated carbocycles.